The Kier molecular flexibility index (Phi) is 7.42. The molecule has 2 atom stereocenters. The highest BCUT2D eigenvalue weighted by Gasteiger charge is 2.25. The topological polar surface area (TPSA) is 41.9 Å². The van der Waals surface area contributed by atoms with E-state index in [1.807, 2.05) is 6.07 Å². The Morgan fingerprint density at radius 2 is 1.77 bits per heavy atom. The number of rotatable bonds is 8. The van der Waals surface area contributed by atoms with Crippen molar-refractivity contribution in [2.24, 2.45) is 0 Å². The lowest BCUT2D eigenvalue weighted by atomic mass is 9.86. The van der Waals surface area contributed by atoms with Gasteiger partial charge in [-0.15, -0.1) is 0 Å². The van der Waals surface area contributed by atoms with Crippen LogP contribution in [0, 0.1) is 0 Å². The maximum Gasteiger partial charge on any atom is 0.123 e. The lowest BCUT2D eigenvalue weighted by Crippen LogP contribution is -2.34. The minimum absolute atomic E-state index is 0.304. The molecule has 0 aromatic heterocycles. The Hall–Kier alpha value is -1.88. The van der Waals surface area contributed by atoms with Crippen LogP contribution in [0.5, 0.6) is 5.75 Å². The fourth-order valence-corrected chi connectivity index (χ4v) is 4.87. The zero-order valence-electron chi connectivity index (χ0n) is 18.1. The number of nitrogens with zero attached hydrogens (tertiary/aromatic N) is 1. The van der Waals surface area contributed by atoms with Gasteiger partial charge in [-0.2, -0.15) is 0 Å². The number of benzene rings is 2. The van der Waals surface area contributed by atoms with Gasteiger partial charge in [0.05, 0.1) is 18.8 Å². The molecule has 0 saturated heterocycles. The van der Waals surface area contributed by atoms with Crippen molar-refractivity contribution in [1.29, 1.82) is 0 Å². The third-order valence-corrected chi connectivity index (χ3v) is 6.51. The fraction of sp³-hybridized carbons (Fsp3) is 0.538. The van der Waals surface area contributed by atoms with Crippen LogP contribution in [-0.2, 0) is 11.3 Å². The molecule has 4 nitrogen and oxygen atoms in total. The largest absolute Gasteiger partial charge is 0.489 e. The molecule has 1 heterocycles. The molecule has 4 heteroatoms. The smallest absolute Gasteiger partial charge is 0.123 e. The van der Waals surface area contributed by atoms with Gasteiger partial charge in [0, 0.05) is 18.0 Å². The van der Waals surface area contributed by atoms with Gasteiger partial charge >= 0.3 is 0 Å². The van der Waals surface area contributed by atoms with E-state index in [1.54, 1.807) is 0 Å². The van der Waals surface area contributed by atoms with E-state index in [0.29, 0.717) is 31.8 Å². The summed E-state index contributed by atoms with van der Waals surface area (Å²) in [5.74, 6) is 1.29. The van der Waals surface area contributed by atoms with Crippen molar-refractivity contribution < 1.29 is 14.6 Å². The summed E-state index contributed by atoms with van der Waals surface area (Å²) in [6, 6.07) is 17.0. The van der Waals surface area contributed by atoms with E-state index in [4.69, 9.17) is 9.47 Å². The summed E-state index contributed by atoms with van der Waals surface area (Å²) in [7, 11) is 2.09. The van der Waals surface area contributed by atoms with E-state index in [9.17, 15) is 5.11 Å². The molecule has 0 spiro atoms. The average molecular weight is 410 g/mol. The molecule has 2 aromatic rings. The van der Waals surface area contributed by atoms with Crippen molar-refractivity contribution in [3.05, 3.63) is 65.2 Å². The van der Waals surface area contributed by atoms with Crippen LogP contribution in [0.2, 0.25) is 0 Å². The molecule has 1 aliphatic heterocycles. The summed E-state index contributed by atoms with van der Waals surface area (Å²) in [4.78, 5) is 2.23. The molecule has 1 aliphatic carbocycles. The molecule has 1 fully saturated rings. The minimum Gasteiger partial charge on any atom is -0.489 e. The number of aliphatic hydroxyl groups is 1. The van der Waals surface area contributed by atoms with Crippen LogP contribution in [-0.4, -0.2) is 49.0 Å². The number of hydrogen-bond acceptors (Lipinski definition) is 4. The van der Waals surface area contributed by atoms with Crippen molar-refractivity contribution in [1.82, 2.24) is 4.90 Å². The van der Waals surface area contributed by atoms with Gasteiger partial charge in [0.1, 0.15) is 12.4 Å². The second-order valence-electron chi connectivity index (χ2n) is 8.88. The van der Waals surface area contributed by atoms with Crippen LogP contribution in [0.1, 0.15) is 61.1 Å². The molecule has 1 saturated carbocycles. The SMILES string of the molecule is CN(CCC1c2ccccc2COc2ccccc21)CC(O)COC1CCCCC1. The Morgan fingerprint density at radius 3 is 2.60 bits per heavy atom. The van der Waals surface area contributed by atoms with Gasteiger partial charge in [-0.3, -0.25) is 0 Å². The molecule has 1 N–H and O–H groups in total. The number of ether oxygens (including phenoxy) is 2. The van der Waals surface area contributed by atoms with E-state index in [-0.39, 0.29) is 0 Å². The highest BCUT2D eigenvalue weighted by Crippen LogP contribution is 2.39. The predicted octanol–water partition coefficient (Wildman–Crippen LogP) is 4.74. The molecule has 162 valence electrons. The highest BCUT2D eigenvalue weighted by atomic mass is 16.5. The first kappa shape index (κ1) is 21.4. The number of aliphatic hydroxyl groups excluding tert-OH is 1. The number of hydrogen-bond donors (Lipinski definition) is 1. The second-order valence-corrected chi connectivity index (χ2v) is 8.88. The normalized spacial score (nSPS) is 20.2. The molecular formula is C26H35NO3. The van der Waals surface area contributed by atoms with E-state index in [1.165, 1.54) is 36.0 Å². The Balaban J connectivity index is 1.34. The van der Waals surface area contributed by atoms with E-state index >= 15 is 0 Å². The van der Waals surface area contributed by atoms with Crippen LogP contribution in [0.25, 0.3) is 0 Å². The summed E-state index contributed by atoms with van der Waals surface area (Å²) in [5, 5.41) is 10.5. The van der Waals surface area contributed by atoms with Crippen molar-refractivity contribution >= 4 is 0 Å². The maximum atomic E-state index is 10.5. The van der Waals surface area contributed by atoms with Gasteiger partial charge < -0.3 is 19.5 Å². The highest BCUT2D eigenvalue weighted by molar-refractivity contribution is 5.46. The zero-order chi connectivity index (χ0) is 20.8. The molecule has 2 unspecified atom stereocenters. The van der Waals surface area contributed by atoms with Crippen LogP contribution < -0.4 is 4.74 Å². The first-order valence-electron chi connectivity index (χ1n) is 11.5. The predicted molar refractivity (Wildman–Crippen MR) is 120 cm³/mol. The van der Waals surface area contributed by atoms with Gasteiger partial charge in [0.15, 0.2) is 0 Å². The van der Waals surface area contributed by atoms with E-state index in [0.717, 1.165) is 31.6 Å². The first-order chi connectivity index (χ1) is 14.7. The van der Waals surface area contributed by atoms with Gasteiger partial charge in [0.2, 0.25) is 0 Å². The molecule has 30 heavy (non-hydrogen) atoms. The summed E-state index contributed by atoms with van der Waals surface area (Å²) in [6.45, 7) is 2.61. The molecule has 0 amide bonds. The Bertz CT molecular complexity index is 755. The molecule has 2 aromatic carbocycles. The molecular weight excluding hydrogens is 374 g/mol. The standard InChI is InChI=1S/C26H35NO3/c1-27(17-21(28)19-29-22-10-3-2-4-11-22)16-15-24-23-12-6-5-9-20(23)18-30-26-14-8-7-13-25(24)26/h5-9,12-14,21-22,24,28H,2-4,10-11,15-19H2,1H3. The van der Waals surface area contributed by atoms with Crippen LogP contribution in [0.15, 0.2) is 48.5 Å². The van der Waals surface area contributed by atoms with Gasteiger partial charge in [-0.1, -0.05) is 61.7 Å². The fourth-order valence-electron chi connectivity index (χ4n) is 4.87. The Labute approximate surface area is 180 Å². The van der Waals surface area contributed by atoms with E-state index in [2.05, 4.69) is 54.4 Å². The van der Waals surface area contributed by atoms with Crippen molar-refractivity contribution in [3.8, 4) is 5.75 Å². The third kappa shape index (κ3) is 5.42. The third-order valence-electron chi connectivity index (χ3n) is 6.51. The van der Waals surface area contributed by atoms with Crippen molar-refractivity contribution in [2.75, 3.05) is 26.7 Å². The summed E-state index contributed by atoms with van der Waals surface area (Å²) < 4.78 is 12.1. The second kappa shape index (κ2) is 10.4. The van der Waals surface area contributed by atoms with Crippen LogP contribution >= 0.6 is 0 Å². The first-order valence-corrected chi connectivity index (χ1v) is 11.5. The van der Waals surface area contributed by atoms with Crippen LogP contribution in [0.3, 0.4) is 0 Å². The molecule has 0 bridgehead atoms. The summed E-state index contributed by atoms with van der Waals surface area (Å²) >= 11 is 0. The number of para-hydroxylation sites is 1. The van der Waals surface area contributed by atoms with Crippen LogP contribution in [0.4, 0.5) is 0 Å². The number of likely N-dealkylation sites (N-methyl/N-ethyl adjacent to an activating group) is 1. The molecule has 4 rings (SSSR count). The minimum atomic E-state index is -0.436. The average Bonchev–Trinajstić information content (AvgIpc) is 2.94. The van der Waals surface area contributed by atoms with Crippen molar-refractivity contribution in [3.63, 3.8) is 0 Å². The quantitative estimate of drug-likeness (QED) is 0.684. The van der Waals surface area contributed by atoms with Gasteiger partial charge in [-0.25, -0.2) is 0 Å². The monoisotopic (exact) mass is 409 g/mol. The lowest BCUT2D eigenvalue weighted by molar-refractivity contribution is -0.0314. The Morgan fingerprint density at radius 1 is 1.03 bits per heavy atom. The maximum absolute atomic E-state index is 10.5. The zero-order valence-corrected chi connectivity index (χ0v) is 18.1. The lowest BCUT2D eigenvalue weighted by Gasteiger charge is -2.26. The molecule has 2 aliphatic rings. The van der Waals surface area contributed by atoms with Crippen molar-refractivity contribution in [2.45, 2.75) is 63.3 Å². The van der Waals surface area contributed by atoms with Gasteiger partial charge in [-0.05, 0) is 50.0 Å². The number of fused-ring (bicyclic) bond motifs is 2. The molecule has 0 radical (unpaired) electrons. The summed E-state index contributed by atoms with van der Waals surface area (Å²) in [6.07, 6.45) is 7.03. The van der Waals surface area contributed by atoms with E-state index < -0.39 is 6.10 Å². The summed E-state index contributed by atoms with van der Waals surface area (Å²) in [5.41, 5.74) is 3.89. The van der Waals surface area contributed by atoms with Gasteiger partial charge in [0.25, 0.3) is 0 Å².